The maximum Gasteiger partial charge on any atom is 0.242 e. The molecule has 128 valence electrons. The van der Waals surface area contributed by atoms with Crippen LogP contribution in [0.25, 0.3) is 0 Å². The number of amides is 1. The fourth-order valence-corrected chi connectivity index (χ4v) is 2.96. The van der Waals surface area contributed by atoms with Gasteiger partial charge in [-0.25, -0.2) is 4.98 Å². The molecule has 1 aromatic heterocycles. The van der Waals surface area contributed by atoms with Crippen molar-refractivity contribution in [3.05, 3.63) is 48.5 Å². The van der Waals surface area contributed by atoms with Crippen molar-refractivity contribution in [2.45, 2.75) is 25.5 Å². The molecular weight excluding hydrogens is 306 g/mol. The van der Waals surface area contributed by atoms with Crippen LogP contribution < -0.4 is 4.74 Å². The van der Waals surface area contributed by atoms with Crippen LogP contribution >= 0.6 is 0 Å². The highest BCUT2D eigenvalue weighted by atomic mass is 16.5. The van der Waals surface area contributed by atoms with E-state index in [1.165, 1.54) is 0 Å². The Morgan fingerprint density at radius 3 is 3.00 bits per heavy atom. The van der Waals surface area contributed by atoms with E-state index in [-0.39, 0.29) is 5.91 Å². The molecule has 0 aliphatic carbocycles. The Kier molecular flexibility index (Phi) is 4.85. The van der Waals surface area contributed by atoms with Crippen molar-refractivity contribution in [2.75, 3.05) is 26.8 Å². The number of nitrogens with zero attached hydrogens (tertiary/aromatic N) is 3. The summed E-state index contributed by atoms with van der Waals surface area (Å²) in [5.41, 5.74) is 0.705. The number of ether oxygens (including phenoxy) is 2. The van der Waals surface area contributed by atoms with Crippen molar-refractivity contribution >= 4 is 5.91 Å². The number of aryl methyl sites for hydroxylation is 1. The zero-order valence-electron chi connectivity index (χ0n) is 14.1. The Labute approximate surface area is 142 Å². The monoisotopic (exact) mass is 329 g/mol. The van der Waals surface area contributed by atoms with Crippen molar-refractivity contribution in [3.63, 3.8) is 0 Å². The van der Waals surface area contributed by atoms with Gasteiger partial charge in [0.1, 0.15) is 24.5 Å². The summed E-state index contributed by atoms with van der Waals surface area (Å²) in [4.78, 5) is 18.2. The van der Waals surface area contributed by atoms with E-state index in [9.17, 15) is 4.79 Å². The third-order valence-corrected chi connectivity index (χ3v) is 4.47. The number of carbonyl (C=O) groups is 1. The van der Waals surface area contributed by atoms with Crippen molar-refractivity contribution in [2.24, 2.45) is 0 Å². The van der Waals surface area contributed by atoms with Crippen LogP contribution in [0.4, 0.5) is 0 Å². The van der Waals surface area contributed by atoms with Gasteiger partial charge in [0.2, 0.25) is 5.91 Å². The lowest BCUT2D eigenvalue weighted by atomic mass is 10.0. The summed E-state index contributed by atoms with van der Waals surface area (Å²) >= 11 is 0. The molecule has 24 heavy (non-hydrogen) atoms. The number of imidazole rings is 1. The first kappa shape index (κ1) is 16.5. The second kappa shape index (κ2) is 7.05. The number of carbonyl (C=O) groups excluding carboxylic acids is 1. The Morgan fingerprint density at radius 2 is 2.29 bits per heavy atom. The van der Waals surface area contributed by atoms with E-state index in [0.29, 0.717) is 26.2 Å². The third kappa shape index (κ3) is 3.76. The van der Waals surface area contributed by atoms with Gasteiger partial charge < -0.3 is 18.9 Å². The molecule has 0 saturated carbocycles. The summed E-state index contributed by atoms with van der Waals surface area (Å²) in [6, 6.07) is 7.94. The molecule has 0 bridgehead atoms. The minimum atomic E-state index is -0.450. The number of methoxy groups -OCH3 is 1. The Balaban J connectivity index is 1.59. The summed E-state index contributed by atoms with van der Waals surface area (Å²) < 4.78 is 13.4. The quantitative estimate of drug-likeness (QED) is 0.812. The minimum Gasteiger partial charge on any atom is -0.491 e. The van der Waals surface area contributed by atoms with E-state index in [2.05, 4.69) is 4.98 Å². The van der Waals surface area contributed by atoms with Gasteiger partial charge in [0.05, 0.1) is 12.9 Å². The predicted molar refractivity (Wildman–Crippen MR) is 89.8 cm³/mol. The second-order valence-corrected chi connectivity index (χ2v) is 6.29. The van der Waals surface area contributed by atoms with Crippen molar-refractivity contribution in [1.82, 2.24) is 14.5 Å². The normalized spacial score (nSPS) is 20.3. The topological polar surface area (TPSA) is 56.6 Å². The van der Waals surface area contributed by atoms with E-state index in [1.54, 1.807) is 30.4 Å². The number of aromatic nitrogens is 2. The highest BCUT2D eigenvalue weighted by molar-refractivity contribution is 5.76. The van der Waals surface area contributed by atoms with Gasteiger partial charge in [-0.3, -0.25) is 4.79 Å². The Hall–Kier alpha value is -2.34. The number of benzene rings is 1. The second-order valence-electron chi connectivity index (χ2n) is 6.29. The number of likely N-dealkylation sites (tertiary alicyclic amines) is 1. The lowest BCUT2D eigenvalue weighted by Gasteiger charge is -2.28. The van der Waals surface area contributed by atoms with E-state index >= 15 is 0 Å². The zero-order valence-corrected chi connectivity index (χ0v) is 14.1. The molecule has 1 atom stereocenters. The van der Waals surface area contributed by atoms with Crippen molar-refractivity contribution in [3.8, 4) is 5.75 Å². The molecule has 0 radical (unpaired) electrons. The summed E-state index contributed by atoms with van der Waals surface area (Å²) in [7, 11) is 1.68. The summed E-state index contributed by atoms with van der Waals surface area (Å²) in [5, 5.41) is 0. The Bertz CT molecular complexity index is 687. The fraction of sp³-hybridized carbons (Fsp3) is 0.444. The lowest BCUT2D eigenvalue weighted by molar-refractivity contribution is -0.132. The lowest BCUT2D eigenvalue weighted by Crippen LogP contribution is -2.43. The van der Waals surface area contributed by atoms with Crippen LogP contribution in [0.5, 0.6) is 5.75 Å². The van der Waals surface area contributed by atoms with Gasteiger partial charge in [0, 0.05) is 26.0 Å². The average Bonchev–Trinajstić information content (AvgIpc) is 3.23. The number of hydrogen-bond acceptors (Lipinski definition) is 4. The van der Waals surface area contributed by atoms with Crippen LogP contribution in [0.15, 0.2) is 43.0 Å². The smallest absolute Gasteiger partial charge is 0.242 e. The zero-order chi connectivity index (χ0) is 17.0. The van der Waals surface area contributed by atoms with Crippen LogP contribution in [-0.2, 0) is 16.1 Å². The maximum absolute atomic E-state index is 12.4. The van der Waals surface area contributed by atoms with Crippen LogP contribution in [0.1, 0.15) is 12.0 Å². The molecule has 2 aromatic rings. The van der Waals surface area contributed by atoms with Crippen LogP contribution in [0.3, 0.4) is 0 Å². The third-order valence-electron chi connectivity index (χ3n) is 4.47. The van der Waals surface area contributed by atoms with Gasteiger partial charge in [-0.2, -0.15) is 0 Å². The first-order valence-electron chi connectivity index (χ1n) is 8.08. The summed E-state index contributed by atoms with van der Waals surface area (Å²) in [5.74, 6) is 0.900. The van der Waals surface area contributed by atoms with E-state index in [1.807, 2.05) is 36.1 Å². The molecule has 1 aliphatic heterocycles. The van der Waals surface area contributed by atoms with E-state index in [4.69, 9.17) is 9.47 Å². The molecule has 6 nitrogen and oxygen atoms in total. The molecule has 0 N–H and O–H groups in total. The van der Waals surface area contributed by atoms with Crippen molar-refractivity contribution < 1.29 is 14.3 Å². The average molecular weight is 329 g/mol. The van der Waals surface area contributed by atoms with Gasteiger partial charge in [0.25, 0.3) is 0 Å². The number of hydrogen-bond donors (Lipinski definition) is 0. The first-order chi connectivity index (χ1) is 11.6. The minimum absolute atomic E-state index is 0.0717. The standard InChI is InChI=1S/C18H23N3O3/c1-15-4-3-5-16(10-15)24-13-18(23-2)6-8-21(12-18)17(22)11-20-9-7-19-14-20/h3-5,7,9-10,14H,6,8,11-13H2,1-2H3/t18-/m1/s1. The van der Waals surface area contributed by atoms with Gasteiger partial charge >= 0.3 is 0 Å². The van der Waals surface area contributed by atoms with Crippen LogP contribution in [0.2, 0.25) is 0 Å². The van der Waals surface area contributed by atoms with Gasteiger partial charge in [-0.05, 0) is 31.0 Å². The molecule has 1 aliphatic rings. The molecular formula is C18H23N3O3. The molecule has 2 heterocycles. The van der Waals surface area contributed by atoms with Gasteiger partial charge in [-0.1, -0.05) is 12.1 Å². The summed E-state index contributed by atoms with van der Waals surface area (Å²) in [6.07, 6.45) is 5.88. The highest BCUT2D eigenvalue weighted by Crippen LogP contribution is 2.27. The molecule has 1 aromatic carbocycles. The fourth-order valence-electron chi connectivity index (χ4n) is 2.96. The highest BCUT2D eigenvalue weighted by Gasteiger charge is 2.41. The molecule has 1 amide bonds. The largest absolute Gasteiger partial charge is 0.491 e. The summed E-state index contributed by atoms with van der Waals surface area (Å²) in [6.45, 7) is 3.99. The molecule has 1 fully saturated rings. The molecule has 0 unspecified atom stereocenters. The van der Waals surface area contributed by atoms with Crippen molar-refractivity contribution in [1.29, 1.82) is 0 Å². The van der Waals surface area contributed by atoms with Gasteiger partial charge in [-0.15, -0.1) is 0 Å². The maximum atomic E-state index is 12.4. The SMILES string of the molecule is CO[C@]1(COc2cccc(C)c2)CCN(C(=O)Cn2ccnc2)C1. The van der Waals surface area contributed by atoms with E-state index in [0.717, 1.165) is 17.7 Å². The molecule has 0 spiro atoms. The Morgan fingerprint density at radius 1 is 1.42 bits per heavy atom. The van der Waals surface area contributed by atoms with Gasteiger partial charge in [0.15, 0.2) is 0 Å². The molecule has 1 saturated heterocycles. The number of rotatable bonds is 6. The van der Waals surface area contributed by atoms with Crippen LogP contribution in [-0.4, -0.2) is 52.8 Å². The first-order valence-corrected chi connectivity index (χ1v) is 8.08. The molecule has 3 rings (SSSR count). The molecule has 6 heteroatoms. The predicted octanol–water partition coefficient (Wildman–Crippen LogP) is 1.89. The van der Waals surface area contributed by atoms with Crippen LogP contribution in [0, 0.1) is 6.92 Å². The van der Waals surface area contributed by atoms with E-state index < -0.39 is 5.60 Å².